The summed E-state index contributed by atoms with van der Waals surface area (Å²) in [6, 6.07) is 3.38. The number of Topliss-reactive ketones (excluding diaryl/α,β-unsaturated/α-hetero) is 1. The number of carbonyl (C=O) groups is 2. The third kappa shape index (κ3) is 4.92. The summed E-state index contributed by atoms with van der Waals surface area (Å²) in [5.74, 6) is -0.0394. The van der Waals surface area contributed by atoms with Crippen molar-refractivity contribution in [2.24, 2.45) is 0 Å². The molecule has 0 unspecified atom stereocenters. The fourth-order valence-electron chi connectivity index (χ4n) is 1.26. The number of rotatable bonds is 5. The van der Waals surface area contributed by atoms with Gasteiger partial charge in [0.15, 0.2) is 0 Å². The highest BCUT2D eigenvalue weighted by molar-refractivity contribution is 6.32. The summed E-state index contributed by atoms with van der Waals surface area (Å²) in [5.41, 5.74) is -0.0420. The van der Waals surface area contributed by atoms with Gasteiger partial charge in [0, 0.05) is 24.7 Å². The molecule has 0 bridgehead atoms. The number of hydrogen-bond acceptors (Lipinski definition) is 4. The van der Waals surface area contributed by atoms with Gasteiger partial charge in [-0.05, 0) is 19.1 Å². The van der Waals surface area contributed by atoms with Crippen LogP contribution >= 0.6 is 11.6 Å². The van der Waals surface area contributed by atoms with Crippen molar-refractivity contribution in [3.05, 3.63) is 33.3 Å². The summed E-state index contributed by atoms with van der Waals surface area (Å²) in [7, 11) is 0. The summed E-state index contributed by atoms with van der Waals surface area (Å²) in [6.45, 7) is 1.62. The first-order valence-corrected chi connectivity index (χ1v) is 5.76. The quantitative estimate of drug-likeness (QED) is 0.640. The number of nitrogens with zero attached hydrogens (tertiary/aromatic N) is 1. The summed E-state index contributed by atoms with van der Waals surface area (Å²) < 4.78 is 0. The molecule has 0 fully saturated rings. The van der Waals surface area contributed by atoms with E-state index in [2.05, 4.69) is 10.6 Å². The van der Waals surface area contributed by atoms with Crippen molar-refractivity contribution < 1.29 is 14.5 Å². The van der Waals surface area contributed by atoms with Gasteiger partial charge in [-0.2, -0.15) is 0 Å². The molecule has 0 aliphatic heterocycles. The molecule has 0 saturated heterocycles. The van der Waals surface area contributed by atoms with Crippen molar-refractivity contribution in [2.75, 3.05) is 11.9 Å². The molecule has 2 amide bonds. The largest absolute Gasteiger partial charge is 0.337 e. The Bertz CT molecular complexity index is 519. The van der Waals surface area contributed by atoms with Crippen LogP contribution in [0, 0.1) is 10.1 Å². The lowest BCUT2D eigenvalue weighted by molar-refractivity contribution is -0.384. The Morgan fingerprint density at radius 3 is 2.68 bits per heavy atom. The lowest BCUT2D eigenvalue weighted by Gasteiger charge is -2.07. The Hall–Kier alpha value is -2.15. The number of anilines is 1. The van der Waals surface area contributed by atoms with Gasteiger partial charge in [-0.1, -0.05) is 11.6 Å². The summed E-state index contributed by atoms with van der Waals surface area (Å²) in [5, 5.41) is 15.5. The number of nitro benzene ring substituents is 1. The molecule has 0 aromatic heterocycles. The topological polar surface area (TPSA) is 101 Å². The van der Waals surface area contributed by atoms with Gasteiger partial charge in [-0.3, -0.25) is 14.9 Å². The lowest BCUT2D eigenvalue weighted by atomic mass is 10.3. The van der Waals surface area contributed by atoms with Crippen LogP contribution in [0.15, 0.2) is 18.2 Å². The molecule has 0 heterocycles. The molecule has 0 atom stereocenters. The molecule has 19 heavy (non-hydrogen) atoms. The van der Waals surface area contributed by atoms with E-state index in [1.54, 1.807) is 0 Å². The highest BCUT2D eigenvalue weighted by Gasteiger charge is 2.13. The minimum atomic E-state index is -0.638. The van der Waals surface area contributed by atoms with E-state index in [9.17, 15) is 19.7 Å². The van der Waals surface area contributed by atoms with Gasteiger partial charge in [0.2, 0.25) is 0 Å². The smallest absolute Gasteiger partial charge is 0.319 e. The fourth-order valence-corrected chi connectivity index (χ4v) is 1.44. The van der Waals surface area contributed by atoms with E-state index >= 15 is 0 Å². The molecule has 1 rings (SSSR count). The average Bonchev–Trinajstić information content (AvgIpc) is 2.30. The van der Waals surface area contributed by atoms with Gasteiger partial charge in [0.1, 0.15) is 10.8 Å². The SMILES string of the molecule is CC(=O)CCNC(=O)Nc1ccc(Cl)c([N+](=O)[O-])c1. The van der Waals surface area contributed by atoms with Crippen molar-refractivity contribution >= 4 is 34.8 Å². The molecule has 0 saturated carbocycles. The summed E-state index contributed by atoms with van der Waals surface area (Å²) >= 11 is 5.64. The Morgan fingerprint density at radius 1 is 1.42 bits per heavy atom. The van der Waals surface area contributed by atoms with Crippen LogP contribution in [0.25, 0.3) is 0 Å². The standard InChI is InChI=1S/C11H12ClN3O4/c1-7(16)4-5-13-11(17)14-8-2-3-9(12)10(6-8)15(18)19/h2-3,6H,4-5H2,1H3,(H2,13,14,17). The molecular formula is C11H12ClN3O4. The number of amides is 2. The Kier molecular flexibility index (Phi) is 5.25. The minimum Gasteiger partial charge on any atom is -0.337 e. The molecule has 0 aliphatic rings. The molecule has 0 radical (unpaired) electrons. The van der Waals surface area contributed by atoms with E-state index < -0.39 is 11.0 Å². The normalized spacial score (nSPS) is 9.79. The molecule has 0 aliphatic carbocycles. The molecule has 2 N–H and O–H groups in total. The van der Waals surface area contributed by atoms with E-state index in [1.165, 1.54) is 19.1 Å². The number of hydrogen-bond donors (Lipinski definition) is 2. The number of benzene rings is 1. The predicted molar refractivity (Wildman–Crippen MR) is 70.4 cm³/mol. The van der Waals surface area contributed by atoms with Crippen molar-refractivity contribution in [3.63, 3.8) is 0 Å². The molecule has 1 aromatic carbocycles. The fraction of sp³-hybridized carbons (Fsp3) is 0.273. The maximum Gasteiger partial charge on any atom is 0.319 e. The number of ketones is 1. The maximum atomic E-state index is 11.4. The second-order valence-electron chi connectivity index (χ2n) is 3.76. The van der Waals surface area contributed by atoms with Gasteiger partial charge < -0.3 is 10.6 Å². The first kappa shape index (κ1) is 14.9. The van der Waals surface area contributed by atoms with E-state index in [1.807, 2.05) is 0 Å². The first-order chi connectivity index (χ1) is 8.90. The second kappa shape index (κ2) is 6.69. The van der Waals surface area contributed by atoms with Crippen molar-refractivity contribution in [2.45, 2.75) is 13.3 Å². The summed E-state index contributed by atoms with van der Waals surface area (Å²) in [6.07, 6.45) is 0.230. The Labute approximate surface area is 114 Å². The second-order valence-corrected chi connectivity index (χ2v) is 4.16. The molecular weight excluding hydrogens is 274 g/mol. The van der Waals surface area contributed by atoms with Crippen LogP contribution in [0.4, 0.5) is 16.2 Å². The predicted octanol–water partition coefficient (Wildman–Crippen LogP) is 2.35. The van der Waals surface area contributed by atoms with E-state index in [0.717, 1.165) is 6.07 Å². The first-order valence-electron chi connectivity index (χ1n) is 5.38. The van der Waals surface area contributed by atoms with Crippen LogP contribution in [0.3, 0.4) is 0 Å². The zero-order chi connectivity index (χ0) is 14.4. The number of carbonyl (C=O) groups excluding carboxylic acids is 2. The van der Waals surface area contributed by atoms with Gasteiger partial charge >= 0.3 is 6.03 Å². The van der Waals surface area contributed by atoms with Crippen LogP contribution in [0.5, 0.6) is 0 Å². The zero-order valence-electron chi connectivity index (χ0n) is 10.1. The third-order valence-corrected chi connectivity index (χ3v) is 2.48. The van der Waals surface area contributed by atoms with E-state index in [0.29, 0.717) is 0 Å². The van der Waals surface area contributed by atoms with Gasteiger partial charge in [-0.25, -0.2) is 4.79 Å². The van der Waals surface area contributed by atoms with Gasteiger partial charge in [0.05, 0.1) is 4.92 Å². The van der Waals surface area contributed by atoms with Crippen LogP contribution in [-0.2, 0) is 4.79 Å². The highest BCUT2D eigenvalue weighted by Crippen LogP contribution is 2.27. The Morgan fingerprint density at radius 2 is 2.11 bits per heavy atom. The molecule has 1 aromatic rings. The maximum absolute atomic E-state index is 11.4. The van der Waals surface area contributed by atoms with Crippen molar-refractivity contribution in [1.29, 1.82) is 0 Å². The van der Waals surface area contributed by atoms with Gasteiger partial charge in [0.25, 0.3) is 5.69 Å². The van der Waals surface area contributed by atoms with Crippen LogP contribution in [-0.4, -0.2) is 23.3 Å². The number of nitrogens with one attached hydrogen (secondary N) is 2. The summed E-state index contributed by atoms with van der Waals surface area (Å²) in [4.78, 5) is 32.1. The number of nitro groups is 1. The minimum absolute atomic E-state index is 0.00691. The van der Waals surface area contributed by atoms with E-state index in [-0.39, 0.29) is 35.1 Å². The van der Waals surface area contributed by atoms with Crippen molar-refractivity contribution in [1.82, 2.24) is 5.32 Å². The third-order valence-electron chi connectivity index (χ3n) is 2.16. The van der Waals surface area contributed by atoms with Crippen LogP contribution < -0.4 is 10.6 Å². The average molecular weight is 286 g/mol. The monoisotopic (exact) mass is 285 g/mol. The van der Waals surface area contributed by atoms with Crippen LogP contribution in [0.1, 0.15) is 13.3 Å². The number of halogens is 1. The molecule has 102 valence electrons. The van der Waals surface area contributed by atoms with Crippen LogP contribution in [0.2, 0.25) is 5.02 Å². The highest BCUT2D eigenvalue weighted by atomic mass is 35.5. The van der Waals surface area contributed by atoms with E-state index in [4.69, 9.17) is 11.6 Å². The molecule has 0 spiro atoms. The Balaban J connectivity index is 2.62. The molecule has 8 heteroatoms. The molecule has 7 nitrogen and oxygen atoms in total. The van der Waals surface area contributed by atoms with Crippen molar-refractivity contribution in [3.8, 4) is 0 Å². The zero-order valence-corrected chi connectivity index (χ0v) is 10.9. The lowest BCUT2D eigenvalue weighted by Crippen LogP contribution is -2.30. The number of urea groups is 1. The van der Waals surface area contributed by atoms with Gasteiger partial charge in [-0.15, -0.1) is 0 Å².